The van der Waals surface area contributed by atoms with Crippen molar-refractivity contribution in [2.45, 2.75) is 20.1 Å². The van der Waals surface area contributed by atoms with Gasteiger partial charge in [0.2, 0.25) is 0 Å². The van der Waals surface area contributed by atoms with Crippen molar-refractivity contribution in [2.75, 3.05) is 7.05 Å². The Bertz CT molecular complexity index is 558. The number of benzene rings is 1. The summed E-state index contributed by atoms with van der Waals surface area (Å²) in [5, 5.41) is 3.05. The maximum absolute atomic E-state index is 13.1. The van der Waals surface area contributed by atoms with Gasteiger partial charge in [0.1, 0.15) is 18.2 Å². The summed E-state index contributed by atoms with van der Waals surface area (Å²) in [4.78, 5) is 4.46. The zero-order valence-corrected chi connectivity index (χ0v) is 11.1. The molecule has 0 aliphatic heterocycles. The Morgan fingerprint density at radius 2 is 2.00 bits per heavy atom. The molecule has 1 N–H and O–H groups in total. The second-order valence-corrected chi connectivity index (χ2v) is 4.35. The van der Waals surface area contributed by atoms with Crippen LogP contribution in [-0.2, 0) is 13.2 Å². The summed E-state index contributed by atoms with van der Waals surface area (Å²) in [5.41, 5.74) is 2.41. The Labute approximate surface area is 112 Å². The number of hydrogen-bond acceptors (Lipinski definition) is 3. The number of nitrogens with one attached hydrogen (secondary N) is 1. The van der Waals surface area contributed by atoms with Gasteiger partial charge in [0, 0.05) is 6.54 Å². The molecule has 0 aliphatic rings. The van der Waals surface area contributed by atoms with Gasteiger partial charge in [0.15, 0.2) is 0 Å². The normalized spacial score (nSPS) is 10.5. The number of ether oxygens (including phenoxy) is 1. The van der Waals surface area contributed by atoms with E-state index < -0.39 is 0 Å². The van der Waals surface area contributed by atoms with Crippen molar-refractivity contribution in [2.24, 2.45) is 0 Å². The van der Waals surface area contributed by atoms with Gasteiger partial charge in [-0.2, -0.15) is 0 Å². The minimum Gasteiger partial charge on any atom is -0.487 e. The molecule has 0 atom stereocenters. The molecule has 1 aromatic heterocycles. The smallest absolute Gasteiger partial charge is 0.130 e. The summed E-state index contributed by atoms with van der Waals surface area (Å²) in [6.07, 6.45) is 0. The van der Waals surface area contributed by atoms with Crippen LogP contribution in [0.15, 0.2) is 36.4 Å². The SMILES string of the molecule is CNCc1cccc(COc2ccc(F)c(C)c2)n1. The third kappa shape index (κ3) is 3.76. The van der Waals surface area contributed by atoms with E-state index in [0.29, 0.717) is 17.9 Å². The molecule has 0 amide bonds. The molecule has 4 heteroatoms. The van der Waals surface area contributed by atoms with Crippen LogP contribution in [0.4, 0.5) is 4.39 Å². The van der Waals surface area contributed by atoms with E-state index in [1.54, 1.807) is 19.1 Å². The summed E-state index contributed by atoms with van der Waals surface area (Å²) < 4.78 is 18.7. The first-order chi connectivity index (χ1) is 9.19. The molecule has 2 aromatic rings. The van der Waals surface area contributed by atoms with Crippen LogP contribution in [-0.4, -0.2) is 12.0 Å². The Hall–Kier alpha value is -1.94. The average molecular weight is 260 g/mol. The third-order valence-corrected chi connectivity index (χ3v) is 2.74. The maximum Gasteiger partial charge on any atom is 0.130 e. The number of hydrogen-bond donors (Lipinski definition) is 1. The number of nitrogens with zero attached hydrogens (tertiary/aromatic N) is 1. The monoisotopic (exact) mass is 260 g/mol. The van der Waals surface area contributed by atoms with Crippen molar-refractivity contribution in [3.8, 4) is 5.75 Å². The van der Waals surface area contributed by atoms with Crippen LogP contribution >= 0.6 is 0 Å². The molecular weight excluding hydrogens is 243 g/mol. The van der Waals surface area contributed by atoms with Crippen molar-refractivity contribution in [1.29, 1.82) is 0 Å². The molecule has 0 radical (unpaired) electrons. The fraction of sp³-hybridized carbons (Fsp3) is 0.267. The van der Waals surface area contributed by atoms with Crippen LogP contribution < -0.4 is 10.1 Å². The van der Waals surface area contributed by atoms with Gasteiger partial charge in [-0.15, -0.1) is 0 Å². The van der Waals surface area contributed by atoms with Gasteiger partial charge in [-0.3, -0.25) is 4.98 Å². The van der Waals surface area contributed by atoms with E-state index in [9.17, 15) is 4.39 Å². The first kappa shape index (κ1) is 13.5. The zero-order valence-electron chi connectivity index (χ0n) is 11.1. The summed E-state index contributed by atoms with van der Waals surface area (Å²) >= 11 is 0. The molecule has 0 saturated heterocycles. The van der Waals surface area contributed by atoms with Crippen molar-refractivity contribution < 1.29 is 9.13 Å². The van der Waals surface area contributed by atoms with E-state index in [4.69, 9.17) is 4.74 Å². The minimum absolute atomic E-state index is 0.221. The fourth-order valence-electron chi connectivity index (χ4n) is 1.75. The van der Waals surface area contributed by atoms with Crippen molar-refractivity contribution in [3.05, 3.63) is 59.2 Å². The van der Waals surface area contributed by atoms with Gasteiger partial charge in [-0.25, -0.2) is 4.39 Å². The predicted molar refractivity (Wildman–Crippen MR) is 72.5 cm³/mol. The largest absolute Gasteiger partial charge is 0.487 e. The molecule has 0 aliphatic carbocycles. The van der Waals surface area contributed by atoms with E-state index in [-0.39, 0.29) is 5.82 Å². The molecule has 0 fully saturated rings. The second kappa shape index (κ2) is 6.29. The van der Waals surface area contributed by atoms with Crippen LogP contribution in [0.2, 0.25) is 0 Å². The van der Waals surface area contributed by atoms with Crippen LogP contribution in [0, 0.1) is 12.7 Å². The number of pyridine rings is 1. The minimum atomic E-state index is -0.221. The van der Waals surface area contributed by atoms with Crippen LogP contribution in [0.1, 0.15) is 17.0 Å². The molecule has 1 heterocycles. The molecule has 0 unspecified atom stereocenters. The highest BCUT2D eigenvalue weighted by Gasteiger charge is 2.02. The quantitative estimate of drug-likeness (QED) is 0.897. The molecule has 0 saturated carbocycles. The lowest BCUT2D eigenvalue weighted by molar-refractivity contribution is 0.300. The highest BCUT2D eigenvalue weighted by atomic mass is 19.1. The fourth-order valence-corrected chi connectivity index (χ4v) is 1.75. The van der Waals surface area contributed by atoms with Crippen molar-refractivity contribution in [3.63, 3.8) is 0 Å². The zero-order chi connectivity index (χ0) is 13.7. The standard InChI is InChI=1S/C15H17FN2O/c1-11-8-14(6-7-15(11)16)19-10-13-5-3-4-12(18-13)9-17-2/h3-8,17H,9-10H2,1-2H3. The van der Waals surface area contributed by atoms with E-state index in [1.165, 1.54) is 6.07 Å². The molecule has 100 valence electrons. The lowest BCUT2D eigenvalue weighted by Gasteiger charge is -2.08. The van der Waals surface area contributed by atoms with Gasteiger partial charge in [0.25, 0.3) is 0 Å². The van der Waals surface area contributed by atoms with Gasteiger partial charge >= 0.3 is 0 Å². The predicted octanol–water partition coefficient (Wildman–Crippen LogP) is 2.83. The molecular formula is C15H17FN2O. The molecule has 1 aromatic carbocycles. The summed E-state index contributed by atoms with van der Waals surface area (Å²) in [6, 6.07) is 10.5. The maximum atomic E-state index is 13.1. The van der Waals surface area contributed by atoms with Gasteiger partial charge < -0.3 is 10.1 Å². The third-order valence-electron chi connectivity index (χ3n) is 2.74. The first-order valence-corrected chi connectivity index (χ1v) is 6.17. The van der Waals surface area contributed by atoms with E-state index in [2.05, 4.69) is 10.3 Å². The van der Waals surface area contributed by atoms with Crippen LogP contribution in [0.3, 0.4) is 0 Å². The van der Waals surface area contributed by atoms with E-state index in [1.807, 2.05) is 25.2 Å². The average Bonchev–Trinajstić information content (AvgIpc) is 2.41. The summed E-state index contributed by atoms with van der Waals surface area (Å²) in [6.45, 7) is 2.82. The molecule has 3 nitrogen and oxygen atoms in total. The van der Waals surface area contributed by atoms with Gasteiger partial charge in [-0.05, 0) is 49.9 Å². The highest BCUT2D eigenvalue weighted by molar-refractivity contribution is 5.29. The van der Waals surface area contributed by atoms with Gasteiger partial charge in [-0.1, -0.05) is 6.07 Å². The Morgan fingerprint density at radius 3 is 2.74 bits per heavy atom. The molecule has 0 spiro atoms. The second-order valence-electron chi connectivity index (χ2n) is 4.35. The Morgan fingerprint density at radius 1 is 1.21 bits per heavy atom. The van der Waals surface area contributed by atoms with Crippen LogP contribution in [0.25, 0.3) is 0 Å². The summed E-state index contributed by atoms with van der Waals surface area (Å²) in [5.74, 6) is 0.432. The van der Waals surface area contributed by atoms with Crippen molar-refractivity contribution >= 4 is 0 Å². The van der Waals surface area contributed by atoms with E-state index in [0.717, 1.165) is 17.9 Å². The van der Waals surface area contributed by atoms with Crippen molar-refractivity contribution in [1.82, 2.24) is 10.3 Å². The van der Waals surface area contributed by atoms with E-state index >= 15 is 0 Å². The Balaban J connectivity index is 2.01. The molecule has 0 bridgehead atoms. The highest BCUT2D eigenvalue weighted by Crippen LogP contribution is 2.17. The molecule has 2 rings (SSSR count). The number of aryl methyl sites for hydroxylation is 1. The lowest BCUT2D eigenvalue weighted by Crippen LogP contribution is -2.08. The lowest BCUT2D eigenvalue weighted by atomic mass is 10.2. The number of rotatable bonds is 5. The Kier molecular flexibility index (Phi) is 4.47. The summed E-state index contributed by atoms with van der Waals surface area (Å²) in [7, 11) is 1.88. The topological polar surface area (TPSA) is 34.1 Å². The van der Waals surface area contributed by atoms with Crippen LogP contribution in [0.5, 0.6) is 5.75 Å². The van der Waals surface area contributed by atoms with Gasteiger partial charge in [0.05, 0.1) is 11.4 Å². The number of aromatic nitrogens is 1. The number of halogens is 1. The first-order valence-electron chi connectivity index (χ1n) is 6.17. The molecule has 19 heavy (non-hydrogen) atoms.